The summed E-state index contributed by atoms with van der Waals surface area (Å²) in [5.41, 5.74) is 1.88. The van der Waals surface area contributed by atoms with Crippen molar-refractivity contribution in [2.45, 2.75) is 52.1 Å². The molecule has 5 heteroatoms. The average Bonchev–Trinajstić information content (AvgIpc) is 2.42. The van der Waals surface area contributed by atoms with Crippen molar-refractivity contribution in [1.82, 2.24) is 5.32 Å². The predicted molar refractivity (Wildman–Crippen MR) is 79.8 cm³/mol. The molecule has 1 unspecified atom stereocenters. The number of nitrogens with zero attached hydrogens (tertiary/aromatic N) is 1. The van der Waals surface area contributed by atoms with E-state index >= 15 is 0 Å². The molecule has 0 fully saturated rings. The van der Waals surface area contributed by atoms with E-state index < -0.39 is 0 Å². The summed E-state index contributed by atoms with van der Waals surface area (Å²) in [5.74, 6) is 0.140. The van der Waals surface area contributed by atoms with Crippen molar-refractivity contribution in [1.29, 1.82) is 0 Å². The third kappa shape index (κ3) is 4.90. The maximum absolute atomic E-state index is 11.1. The van der Waals surface area contributed by atoms with Gasteiger partial charge >= 0.3 is 0 Å². The lowest BCUT2D eigenvalue weighted by Crippen LogP contribution is -2.25. The predicted octanol–water partition coefficient (Wildman–Crippen LogP) is 2.97. The molecular weight excluding hydrogens is 256 g/mol. The molecular formula is C15H24N2O3. The normalized spacial score (nSPS) is 12.7. The van der Waals surface area contributed by atoms with Gasteiger partial charge in [0.1, 0.15) is 0 Å². The third-order valence-electron chi connectivity index (χ3n) is 3.36. The quantitative estimate of drug-likeness (QED) is 0.567. The number of aliphatic hydroxyl groups excluding tert-OH is 1. The van der Waals surface area contributed by atoms with Crippen LogP contribution in [0.3, 0.4) is 0 Å². The van der Waals surface area contributed by atoms with Crippen molar-refractivity contribution in [2.24, 2.45) is 0 Å². The molecule has 0 aliphatic rings. The summed E-state index contributed by atoms with van der Waals surface area (Å²) in [6.45, 7) is 6.76. The lowest BCUT2D eigenvalue weighted by atomic mass is 9.99. The van der Waals surface area contributed by atoms with Crippen molar-refractivity contribution >= 4 is 5.69 Å². The van der Waals surface area contributed by atoms with Gasteiger partial charge in [0, 0.05) is 30.8 Å². The molecule has 1 atom stereocenters. The molecule has 0 aliphatic heterocycles. The van der Waals surface area contributed by atoms with Crippen LogP contribution in [0.25, 0.3) is 0 Å². The Morgan fingerprint density at radius 2 is 2.05 bits per heavy atom. The number of nitro groups is 1. The molecule has 5 nitrogen and oxygen atoms in total. The highest BCUT2D eigenvalue weighted by atomic mass is 16.6. The van der Waals surface area contributed by atoms with E-state index in [0.29, 0.717) is 6.54 Å². The number of benzene rings is 1. The van der Waals surface area contributed by atoms with Crippen molar-refractivity contribution in [3.8, 4) is 0 Å². The molecule has 0 aromatic heterocycles. The standard InChI is InChI=1S/C15H24N2O3/c1-11(2)14-7-6-13(9-15(14)17(19)20)10-16-12(3)5-4-8-18/h6-7,9,11-12,16,18H,4-5,8,10H2,1-3H3. The number of rotatable bonds is 8. The maximum Gasteiger partial charge on any atom is 0.273 e. The first kappa shape index (κ1) is 16.6. The Kier molecular flexibility index (Phi) is 6.61. The van der Waals surface area contributed by atoms with Crippen LogP contribution in [0.5, 0.6) is 0 Å². The second kappa shape index (κ2) is 7.97. The summed E-state index contributed by atoms with van der Waals surface area (Å²) in [4.78, 5) is 10.8. The van der Waals surface area contributed by atoms with Gasteiger partial charge in [0.15, 0.2) is 0 Å². The minimum absolute atomic E-state index is 0.140. The molecule has 0 saturated heterocycles. The molecule has 1 aromatic rings. The first-order valence-corrected chi connectivity index (χ1v) is 7.07. The highest BCUT2D eigenvalue weighted by Gasteiger charge is 2.17. The highest BCUT2D eigenvalue weighted by molar-refractivity contribution is 5.45. The summed E-state index contributed by atoms with van der Waals surface area (Å²) >= 11 is 0. The van der Waals surface area contributed by atoms with E-state index in [1.807, 2.05) is 32.9 Å². The largest absolute Gasteiger partial charge is 0.396 e. The maximum atomic E-state index is 11.1. The fourth-order valence-electron chi connectivity index (χ4n) is 2.14. The fourth-order valence-corrected chi connectivity index (χ4v) is 2.14. The van der Waals surface area contributed by atoms with Gasteiger partial charge in [-0.1, -0.05) is 26.0 Å². The van der Waals surface area contributed by atoms with Gasteiger partial charge in [0.25, 0.3) is 5.69 Å². The molecule has 0 radical (unpaired) electrons. The molecule has 2 N–H and O–H groups in total. The SMILES string of the molecule is CC(CCCO)NCc1ccc(C(C)C)c([N+](=O)[O-])c1. The van der Waals surface area contributed by atoms with Crippen LogP contribution in [0, 0.1) is 10.1 Å². The topological polar surface area (TPSA) is 75.4 Å². The smallest absolute Gasteiger partial charge is 0.273 e. The lowest BCUT2D eigenvalue weighted by molar-refractivity contribution is -0.385. The highest BCUT2D eigenvalue weighted by Crippen LogP contribution is 2.27. The van der Waals surface area contributed by atoms with Crippen molar-refractivity contribution in [3.63, 3.8) is 0 Å². The van der Waals surface area contributed by atoms with Crippen LogP contribution in [-0.4, -0.2) is 22.7 Å². The number of nitro benzene ring substituents is 1. The van der Waals surface area contributed by atoms with E-state index in [4.69, 9.17) is 5.11 Å². The van der Waals surface area contributed by atoms with Crippen LogP contribution >= 0.6 is 0 Å². The zero-order valence-electron chi connectivity index (χ0n) is 12.4. The van der Waals surface area contributed by atoms with E-state index in [-0.39, 0.29) is 29.2 Å². The van der Waals surface area contributed by atoms with E-state index in [0.717, 1.165) is 24.0 Å². The monoisotopic (exact) mass is 280 g/mol. The van der Waals surface area contributed by atoms with Gasteiger partial charge < -0.3 is 10.4 Å². The number of aliphatic hydroxyl groups is 1. The van der Waals surface area contributed by atoms with E-state index in [9.17, 15) is 10.1 Å². The second-order valence-corrected chi connectivity index (χ2v) is 5.45. The fraction of sp³-hybridized carbons (Fsp3) is 0.600. The van der Waals surface area contributed by atoms with Crippen LogP contribution in [-0.2, 0) is 6.54 Å². The minimum atomic E-state index is -0.311. The van der Waals surface area contributed by atoms with Crippen molar-refractivity contribution in [3.05, 3.63) is 39.4 Å². The van der Waals surface area contributed by atoms with Crippen LogP contribution in [0.15, 0.2) is 18.2 Å². The van der Waals surface area contributed by atoms with E-state index in [1.165, 1.54) is 0 Å². The Hall–Kier alpha value is -1.46. The van der Waals surface area contributed by atoms with Crippen molar-refractivity contribution < 1.29 is 10.0 Å². The molecule has 0 spiro atoms. The van der Waals surface area contributed by atoms with Crippen LogP contribution in [0.1, 0.15) is 50.7 Å². The van der Waals surface area contributed by atoms with E-state index in [2.05, 4.69) is 5.32 Å². The summed E-state index contributed by atoms with van der Waals surface area (Å²) in [6.07, 6.45) is 1.66. The second-order valence-electron chi connectivity index (χ2n) is 5.45. The van der Waals surface area contributed by atoms with Gasteiger partial charge in [-0.3, -0.25) is 10.1 Å². The molecule has 112 valence electrons. The average molecular weight is 280 g/mol. The summed E-state index contributed by atoms with van der Waals surface area (Å²) in [6, 6.07) is 5.72. The molecule has 0 bridgehead atoms. The van der Waals surface area contributed by atoms with Crippen molar-refractivity contribution in [2.75, 3.05) is 6.61 Å². The van der Waals surface area contributed by atoms with Gasteiger partial charge in [-0.05, 0) is 31.2 Å². The van der Waals surface area contributed by atoms with Gasteiger partial charge in [0.2, 0.25) is 0 Å². The Bertz CT molecular complexity index is 447. The molecule has 0 aliphatic carbocycles. The van der Waals surface area contributed by atoms with E-state index in [1.54, 1.807) is 6.07 Å². The number of nitrogens with one attached hydrogen (secondary N) is 1. The third-order valence-corrected chi connectivity index (χ3v) is 3.36. The molecule has 20 heavy (non-hydrogen) atoms. The zero-order valence-corrected chi connectivity index (χ0v) is 12.4. The first-order chi connectivity index (χ1) is 9.45. The number of hydrogen-bond acceptors (Lipinski definition) is 4. The lowest BCUT2D eigenvalue weighted by Gasteiger charge is -2.14. The molecule has 1 aromatic carbocycles. The van der Waals surface area contributed by atoms with Crippen LogP contribution in [0.2, 0.25) is 0 Å². The molecule has 0 heterocycles. The Morgan fingerprint density at radius 3 is 2.60 bits per heavy atom. The van der Waals surface area contributed by atoms with Crippen LogP contribution in [0.4, 0.5) is 5.69 Å². The molecule has 0 amide bonds. The summed E-state index contributed by atoms with van der Waals surface area (Å²) in [5, 5.41) is 23.2. The summed E-state index contributed by atoms with van der Waals surface area (Å²) < 4.78 is 0. The zero-order chi connectivity index (χ0) is 15.1. The van der Waals surface area contributed by atoms with Gasteiger partial charge in [0.05, 0.1) is 4.92 Å². The Labute approximate surface area is 120 Å². The molecule has 0 saturated carbocycles. The molecule has 1 rings (SSSR count). The first-order valence-electron chi connectivity index (χ1n) is 7.07. The summed E-state index contributed by atoms with van der Waals surface area (Å²) in [7, 11) is 0. The minimum Gasteiger partial charge on any atom is -0.396 e. The number of hydrogen-bond donors (Lipinski definition) is 2. The Balaban J connectivity index is 2.72. The van der Waals surface area contributed by atoms with Crippen LogP contribution < -0.4 is 5.32 Å². The van der Waals surface area contributed by atoms with Gasteiger partial charge in [-0.15, -0.1) is 0 Å². The van der Waals surface area contributed by atoms with Gasteiger partial charge in [-0.2, -0.15) is 0 Å². The van der Waals surface area contributed by atoms with Gasteiger partial charge in [-0.25, -0.2) is 0 Å². The Morgan fingerprint density at radius 1 is 1.35 bits per heavy atom.